The summed E-state index contributed by atoms with van der Waals surface area (Å²) in [4.78, 5) is 12.5. The molecule has 2 aliphatic rings. The van der Waals surface area contributed by atoms with Crippen LogP contribution in [0.25, 0.3) is 5.69 Å². The van der Waals surface area contributed by atoms with Crippen molar-refractivity contribution in [2.75, 3.05) is 5.75 Å². The van der Waals surface area contributed by atoms with Crippen molar-refractivity contribution in [2.24, 2.45) is 4.99 Å². The molecule has 4 nitrogen and oxygen atoms in total. The number of thioether (sulfide) groups is 1. The molecule has 0 aliphatic carbocycles. The van der Waals surface area contributed by atoms with Gasteiger partial charge in [0.05, 0.1) is 11.7 Å². The predicted molar refractivity (Wildman–Crippen MR) is 130 cm³/mol. The molecule has 0 saturated carbocycles. The van der Waals surface area contributed by atoms with Gasteiger partial charge >= 0.3 is 0 Å². The summed E-state index contributed by atoms with van der Waals surface area (Å²) in [5.41, 5.74) is 8.86. The molecule has 0 unspecified atom stereocenters. The molecule has 2 aromatic heterocycles. The summed E-state index contributed by atoms with van der Waals surface area (Å²) in [7, 11) is 0. The number of amidine groups is 1. The Kier molecular flexibility index (Phi) is 5.17. The minimum Gasteiger partial charge on any atom is -0.338 e. The van der Waals surface area contributed by atoms with Crippen LogP contribution >= 0.6 is 11.8 Å². The molecule has 0 radical (unpaired) electrons. The summed E-state index contributed by atoms with van der Waals surface area (Å²) >= 11 is 1.90. The molecule has 5 rings (SSSR count). The van der Waals surface area contributed by atoms with E-state index in [2.05, 4.69) is 80.5 Å². The molecule has 1 fully saturated rings. The first-order valence-electron chi connectivity index (χ1n) is 11.2. The van der Waals surface area contributed by atoms with Crippen molar-refractivity contribution < 1.29 is 0 Å². The van der Waals surface area contributed by atoms with Crippen molar-refractivity contribution in [3.05, 3.63) is 82.4 Å². The number of fused-ring (bicyclic) bond motifs is 1. The van der Waals surface area contributed by atoms with Gasteiger partial charge in [-0.05, 0) is 75.1 Å². The predicted octanol–water partition coefficient (Wildman–Crippen LogP) is 6.09. The molecule has 1 aromatic carbocycles. The Labute approximate surface area is 189 Å². The normalized spacial score (nSPS) is 22.7. The van der Waals surface area contributed by atoms with Gasteiger partial charge < -0.3 is 9.47 Å². The van der Waals surface area contributed by atoms with Crippen molar-refractivity contribution in [1.29, 1.82) is 0 Å². The van der Waals surface area contributed by atoms with Crippen LogP contribution in [0.3, 0.4) is 0 Å². The van der Waals surface area contributed by atoms with Crippen LogP contribution in [-0.4, -0.2) is 31.4 Å². The highest BCUT2D eigenvalue weighted by Crippen LogP contribution is 2.49. The quantitative estimate of drug-likeness (QED) is 0.502. The number of hydrogen-bond acceptors (Lipinski definition) is 4. The van der Waals surface area contributed by atoms with Gasteiger partial charge in [-0.1, -0.05) is 36.9 Å². The third-order valence-corrected chi connectivity index (χ3v) is 7.85. The summed E-state index contributed by atoms with van der Waals surface area (Å²) in [6, 6.07) is 16.0. The van der Waals surface area contributed by atoms with E-state index in [0.717, 1.165) is 17.9 Å². The number of aryl methyl sites for hydroxylation is 3. The van der Waals surface area contributed by atoms with Crippen molar-refractivity contribution in [3.8, 4) is 5.69 Å². The van der Waals surface area contributed by atoms with Crippen LogP contribution in [0, 0.1) is 27.7 Å². The Morgan fingerprint density at radius 3 is 2.65 bits per heavy atom. The summed E-state index contributed by atoms with van der Waals surface area (Å²) in [6.45, 7) is 11.1. The molecule has 0 bridgehead atoms. The molecule has 0 spiro atoms. The lowest BCUT2D eigenvalue weighted by Crippen LogP contribution is -2.35. The average Bonchev–Trinajstić information content (AvgIpc) is 3.42. The van der Waals surface area contributed by atoms with Crippen LogP contribution in [0.5, 0.6) is 0 Å². The maximum absolute atomic E-state index is 5.19. The lowest BCUT2D eigenvalue weighted by atomic mass is 9.95. The fourth-order valence-electron chi connectivity index (χ4n) is 5.10. The molecule has 160 valence electrons. The average molecular weight is 431 g/mol. The van der Waals surface area contributed by atoms with Gasteiger partial charge in [-0.15, -0.1) is 0 Å². The van der Waals surface area contributed by atoms with E-state index in [1.54, 1.807) is 0 Å². The zero-order valence-corrected chi connectivity index (χ0v) is 19.8. The van der Waals surface area contributed by atoms with Gasteiger partial charge in [0.1, 0.15) is 6.04 Å². The molecule has 31 heavy (non-hydrogen) atoms. The van der Waals surface area contributed by atoms with Gasteiger partial charge in [-0.3, -0.25) is 9.98 Å². The lowest BCUT2D eigenvalue weighted by molar-refractivity contribution is 0.254. The monoisotopic (exact) mass is 430 g/mol. The summed E-state index contributed by atoms with van der Waals surface area (Å²) in [5.74, 6) is 1.12. The minimum atomic E-state index is 0.0330. The van der Waals surface area contributed by atoms with Gasteiger partial charge in [0, 0.05) is 35.1 Å². The molecular weight excluding hydrogens is 400 g/mol. The highest BCUT2D eigenvalue weighted by atomic mass is 32.2. The topological polar surface area (TPSA) is 33.4 Å². The highest BCUT2D eigenvalue weighted by Gasteiger charge is 2.46. The number of nitrogens with zero attached hydrogens (tertiary/aromatic N) is 4. The number of rotatable bonds is 4. The minimum absolute atomic E-state index is 0.0330. The third-order valence-electron chi connectivity index (χ3n) is 6.72. The largest absolute Gasteiger partial charge is 0.338 e. The van der Waals surface area contributed by atoms with E-state index in [1.807, 2.05) is 24.0 Å². The first-order valence-corrected chi connectivity index (χ1v) is 12.1. The van der Waals surface area contributed by atoms with Gasteiger partial charge in [-0.25, -0.2) is 0 Å². The van der Waals surface area contributed by atoms with Gasteiger partial charge in [0.15, 0.2) is 5.17 Å². The fourth-order valence-corrected chi connectivity index (χ4v) is 6.44. The van der Waals surface area contributed by atoms with Crippen LogP contribution in [0.4, 0.5) is 0 Å². The van der Waals surface area contributed by atoms with Crippen LogP contribution < -0.4 is 0 Å². The molecule has 5 heteroatoms. The van der Waals surface area contributed by atoms with E-state index in [9.17, 15) is 0 Å². The second kappa shape index (κ2) is 7.86. The maximum Gasteiger partial charge on any atom is 0.160 e. The van der Waals surface area contributed by atoms with E-state index in [1.165, 1.54) is 38.9 Å². The first-order chi connectivity index (χ1) is 15.0. The second-order valence-corrected chi connectivity index (χ2v) is 9.78. The SMILES string of the molecule is CC[C@H]1CSC2=N[C@H](c3ccccn3)[C@@H](c3cc(C)n(-c4cc(C)ccc4C)c3C)N21. The molecule has 4 heterocycles. The summed E-state index contributed by atoms with van der Waals surface area (Å²) in [5, 5.41) is 1.18. The number of benzene rings is 1. The van der Waals surface area contributed by atoms with Crippen LogP contribution in [0.2, 0.25) is 0 Å². The molecule has 3 atom stereocenters. The fraction of sp³-hybridized carbons (Fsp3) is 0.385. The molecular formula is C26H30N4S. The number of hydrogen-bond donors (Lipinski definition) is 0. The standard InChI is InChI=1S/C26H30N4S/c1-6-20-15-31-26-28-24(22-9-7-8-12-27-22)25(30(20)26)21-14-18(4)29(19(21)5)23-13-16(2)10-11-17(23)3/h7-14,20,24-25H,6,15H2,1-5H3/t20-,24+,25+/m0/s1. The molecule has 3 aromatic rings. The maximum atomic E-state index is 5.19. The number of aliphatic imine (C=N–C) groups is 1. The Hall–Kier alpha value is -2.53. The zero-order chi connectivity index (χ0) is 21.7. The zero-order valence-electron chi connectivity index (χ0n) is 19.0. The van der Waals surface area contributed by atoms with Gasteiger partial charge in [-0.2, -0.15) is 0 Å². The highest BCUT2D eigenvalue weighted by molar-refractivity contribution is 8.14. The summed E-state index contributed by atoms with van der Waals surface area (Å²) < 4.78 is 2.43. The Bertz CT molecular complexity index is 1150. The number of pyridine rings is 1. The molecule has 0 N–H and O–H groups in total. The van der Waals surface area contributed by atoms with Crippen molar-refractivity contribution in [2.45, 2.75) is 59.2 Å². The Morgan fingerprint density at radius 1 is 1.06 bits per heavy atom. The van der Waals surface area contributed by atoms with Crippen LogP contribution in [0.15, 0.2) is 53.7 Å². The van der Waals surface area contributed by atoms with E-state index in [-0.39, 0.29) is 12.1 Å². The molecule has 1 saturated heterocycles. The smallest absolute Gasteiger partial charge is 0.160 e. The molecule has 2 aliphatic heterocycles. The van der Waals surface area contributed by atoms with Crippen LogP contribution in [-0.2, 0) is 0 Å². The van der Waals surface area contributed by atoms with E-state index in [4.69, 9.17) is 9.98 Å². The van der Waals surface area contributed by atoms with E-state index < -0.39 is 0 Å². The van der Waals surface area contributed by atoms with Crippen molar-refractivity contribution >= 4 is 16.9 Å². The van der Waals surface area contributed by atoms with E-state index in [0.29, 0.717) is 6.04 Å². The van der Waals surface area contributed by atoms with Crippen LogP contribution in [0.1, 0.15) is 59.2 Å². The van der Waals surface area contributed by atoms with Gasteiger partial charge in [0.2, 0.25) is 0 Å². The summed E-state index contributed by atoms with van der Waals surface area (Å²) in [6.07, 6.45) is 3.02. The molecule has 0 amide bonds. The van der Waals surface area contributed by atoms with Crippen molar-refractivity contribution in [1.82, 2.24) is 14.5 Å². The second-order valence-electron chi connectivity index (χ2n) is 8.79. The van der Waals surface area contributed by atoms with Gasteiger partial charge in [0.25, 0.3) is 0 Å². The van der Waals surface area contributed by atoms with E-state index >= 15 is 0 Å². The third kappa shape index (κ3) is 3.30. The lowest BCUT2D eigenvalue weighted by Gasteiger charge is -2.32. The number of aromatic nitrogens is 2. The Balaban J connectivity index is 1.66. The first kappa shape index (κ1) is 20.4. The van der Waals surface area contributed by atoms with Crippen molar-refractivity contribution in [3.63, 3.8) is 0 Å². The Morgan fingerprint density at radius 2 is 1.90 bits per heavy atom.